The molecule has 0 heterocycles. The monoisotopic (exact) mass is 570 g/mol. The Morgan fingerprint density at radius 2 is 0.857 bits per heavy atom. The van der Waals surface area contributed by atoms with Crippen LogP contribution in [0.2, 0.25) is 0 Å². The Hall–Kier alpha value is -6.58. The number of rotatable bonds is 11. The lowest BCUT2D eigenvalue weighted by Gasteiger charge is -2.13. The van der Waals surface area contributed by atoms with Crippen LogP contribution in [0.3, 0.4) is 0 Å². The van der Waals surface area contributed by atoms with Gasteiger partial charge in [0.2, 0.25) is 0 Å². The summed E-state index contributed by atoms with van der Waals surface area (Å²) in [6, 6.07) is 23.0. The van der Waals surface area contributed by atoms with E-state index in [0.29, 0.717) is 11.1 Å². The highest BCUT2D eigenvalue weighted by Crippen LogP contribution is 2.30. The van der Waals surface area contributed by atoms with Crippen LogP contribution >= 0.6 is 0 Å². The van der Waals surface area contributed by atoms with E-state index in [9.17, 15) is 40.5 Å². The van der Waals surface area contributed by atoms with Gasteiger partial charge in [-0.05, 0) is 12.1 Å². The maximum absolute atomic E-state index is 11.6. The van der Waals surface area contributed by atoms with Crippen molar-refractivity contribution in [3.8, 4) is 0 Å². The SMILES string of the molecule is O=[N+]([O-])c1ccc(N/N=C(/C(=N/Nc2ccc([N+](=O)[O-])cc2[N+](=O)[O-])c2ccccc2)c2ccccc2)c([N+](=O)[O-])c1. The molecule has 42 heavy (non-hydrogen) atoms. The Kier molecular flexibility index (Phi) is 8.47. The summed E-state index contributed by atoms with van der Waals surface area (Å²) >= 11 is 0. The Bertz CT molecular complexity index is 1620. The first-order chi connectivity index (χ1) is 20.2. The topological polar surface area (TPSA) is 221 Å². The van der Waals surface area contributed by atoms with Crippen LogP contribution in [0.4, 0.5) is 34.1 Å². The van der Waals surface area contributed by atoms with Crippen molar-refractivity contribution >= 4 is 45.5 Å². The van der Waals surface area contributed by atoms with Crippen LogP contribution < -0.4 is 10.9 Å². The number of nitro benzene ring substituents is 4. The minimum atomic E-state index is -0.797. The minimum Gasteiger partial charge on any atom is -0.271 e. The second-order valence-corrected chi connectivity index (χ2v) is 8.31. The van der Waals surface area contributed by atoms with Crippen LogP contribution in [-0.2, 0) is 0 Å². The Morgan fingerprint density at radius 3 is 1.17 bits per heavy atom. The second kappa shape index (κ2) is 12.5. The third kappa shape index (κ3) is 6.52. The van der Waals surface area contributed by atoms with Crippen molar-refractivity contribution in [1.29, 1.82) is 0 Å². The molecule has 0 unspecified atom stereocenters. The van der Waals surface area contributed by atoms with E-state index in [2.05, 4.69) is 21.1 Å². The summed E-state index contributed by atoms with van der Waals surface area (Å²) in [5.41, 5.74) is 3.94. The average Bonchev–Trinajstić information content (AvgIpc) is 2.99. The molecule has 16 heteroatoms. The molecule has 0 fully saturated rings. The molecule has 0 saturated heterocycles. The maximum Gasteiger partial charge on any atom is 0.301 e. The molecule has 0 spiro atoms. The average molecular weight is 570 g/mol. The number of anilines is 2. The number of benzene rings is 4. The van der Waals surface area contributed by atoms with Crippen molar-refractivity contribution in [3.05, 3.63) is 149 Å². The number of nitrogens with one attached hydrogen (secondary N) is 2. The van der Waals surface area contributed by atoms with E-state index in [1.807, 2.05) is 0 Å². The lowest BCUT2D eigenvalue weighted by atomic mass is 10.00. The molecule has 4 rings (SSSR count). The standard InChI is InChI=1S/C26H18N8O8/c35-31(36)19-11-13-21(23(15-19)33(39)40)27-29-25(17-7-3-1-4-8-17)26(18-9-5-2-6-10-18)30-28-22-14-12-20(32(37)38)16-24(22)34(41)42/h1-16,27-28H/b29-25+,30-26+. The van der Waals surface area contributed by atoms with Crippen LogP contribution in [0.25, 0.3) is 0 Å². The predicted molar refractivity (Wildman–Crippen MR) is 153 cm³/mol. The van der Waals surface area contributed by atoms with Crippen LogP contribution in [0.1, 0.15) is 11.1 Å². The smallest absolute Gasteiger partial charge is 0.271 e. The van der Waals surface area contributed by atoms with E-state index in [4.69, 9.17) is 0 Å². The van der Waals surface area contributed by atoms with Crippen molar-refractivity contribution in [2.24, 2.45) is 10.2 Å². The first-order valence-corrected chi connectivity index (χ1v) is 11.8. The summed E-state index contributed by atoms with van der Waals surface area (Å²) in [4.78, 5) is 42.4. The fourth-order valence-corrected chi connectivity index (χ4v) is 3.69. The lowest BCUT2D eigenvalue weighted by Crippen LogP contribution is -2.20. The molecule has 2 N–H and O–H groups in total. The van der Waals surface area contributed by atoms with E-state index in [1.54, 1.807) is 60.7 Å². The van der Waals surface area contributed by atoms with Gasteiger partial charge in [0.05, 0.1) is 31.8 Å². The zero-order valence-electron chi connectivity index (χ0n) is 21.2. The molecular weight excluding hydrogens is 552 g/mol. The second-order valence-electron chi connectivity index (χ2n) is 8.31. The summed E-state index contributed by atoms with van der Waals surface area (Å²) in [5, 5.41) is 54.3. The summed E-state index contributed by atoms with van der Waals surface area (Å²) < 4.78 is 0. The van der Waals surface area contributed by atoms with Gasteiger partial charge in [0, 0.05) is 23.3 Å². The summed E-state index contributed by atoms with van der Waals surface area (Å²) in [6.45, 7) is 0. The van der Waals surface area contributed by atoms with Crippen LogP contribution in [0, 0.1) is 40.5 Å². The van der Waals surface area contributed by atoms with Crippen LogP contribution in [0.5, 0.6) is 0 Å². The Morgan fingerprint density at radius 1 is 0.500 bits per heavy atom. The van der Waals surface area contributed by atoms with Gasteiger partial charge in [0.1, 0.15) is 22.8 Å². The minimum absolute atomic E-state index is 0.131. The van der Waals surface area contributed by atoms with Crippen molar-refractivity contribution in [2.45, 2.75) is 0 Å². The highest BCUT2D eigenvalue weighted by atomic mass is 16.6. The van der Waals surface area contributed by atoms with Gasteiger partial charge in [-0.25, -0.2) is 0 Å². The van der Waals surface area contributed by atoms with E-state index in [1.165, 1.54) is 0 Å². The zero-order valence-corrected chi connectivity index (χ0v) is 21.2. The van der Waals surface area contributed by atoms with Gasteiger partial charge < -0.3 is 0 Å². The van der Waals surface area contributed by atoms with Crippen molar-refractivity contribution in [3.63, 3.8) is 0 Å². The molecule has 0 atom stereocenters. The molecule has 4 aromatic rings. The molecule has 0 bridgehead atoms. The molecule has 0 amide bonds. The summed E-state index contributed by atoms with van der Waals surface area (Å²) in [7, 11) is 0. The number of nitrogens with zero attached hydrogens (tertiary/aromatic N) is 6. The van der Waals surface area contributed by atoms with Gasteiger partial charge in [0.15, 0.2) is 0 Å². The third-order valence-corrected chi connectivity index (χ3v) is 5.67. The van der Waals surface area contributed by atoms with Gasteiger partial charge in [-0.2, -0.15) is 10.2 Å². The molecule has 0 aliphatic rings. The third-order valence-electron chi connectivity index (χ3n) is 5.67. The highest BCUT2D eigenvalue weighted by Gasteiger charge is 2.22. The summed E-state index contributed by atoms with van der Waals surface area (Å²) in [5.74, 6) is 0. The molecular formula is C26H18N8O8. The fourth-order valence-electron chi connectivity index (χ4n) is 3.69. The highest BCUT2D eigenvalue weighted by molar-refractivity contribution is 6.53. The maximum atomic E-state index is 11.6. The van der Waals surface area contributed by atoms with Gasteiger partial charge in [0.25, 0.3) is 11.4 Å². The van der Waals surface area contributed by atoms with Crippen molar-refractivity contribution < 1.29 is 19.7 Å². The number of non-ortho nitro benzene ring substituents is 2. The fraction of sp³-hybridized carbons (Fsp3) is 0. The molecule has 0 aliphatic heterocycles. The van der Waals surface area contributed by atoms with Crippen LogP contribution in [-0.4, -0.2) is 31.1 Å². The van der Waals surface area contributed by atoms with E-state index in [-0.39, 0.29) is 22.8 Å². The number of hydrogen-bond donors (Lipinski definition) is 2. The van der Waals surface area contributed by atoms with Crippen molar-refractivity contribution in [1.82, 2.24) is 0 Å². The molecule has 4 aromatic carbocycles. The number of hydrazone groups is 2. The van der Waals surface area contributed by atoms with Gasteiger partial charge in [-0.3, -0.25) is 51.3 Å². The number of hydrogen-bond acceptors (Lipinski definition) is 12. The van der Waals surface area contributed by atoms with Gasteiger partial charge in [-0.1, -0.05) is 60.7 Å². The number of nitro groups is 4. The largest absolute Gasteiger partial charge is 0.301 e. The molecule has 0 saturated carbocycles. The van der Waals surface area contributed by atoms with E-state index < -0.39 is 42.4 Å². The Labute approximate surface area is 235 Å². The molecule has 0 aromatic heterocycles. The van der Waals surface area contributed by atoms with Gasteiger partial charge >= 0.3 is 11.4 Å². The molecule has 16 nitrogen and oxygen atoms in total. The first kappa shape index (κ1) is 28.4. The van der Waals surface area contributed by atoms with E-state index >= 15 is 0 Å². The Balaban J connectivity index is 1.86. The van der Waals surface area contributed by atoms with Crippen molar-refractivity contribution in [2.75, 3.05) is 10.9 Å². The normalized spacial score (nSPS) is 11.4. The molecule has 0 radical (unpaired) electrons. The summed E-state index contributed by atoms with van der Waals surface area (Å²) in [6.07, 6.45) is 0. The van der Waals surface area contributed by atoms with Crippen LogP contribution in [0.15, 0.2) is 107 Å². The predicted octanol–water partition coefficient (Wildman–Crippen LogP) is 5.65. The quantitative estimate of drug-likeness (QED) is 0.128. The first-order valence-electron chi connectivity index (χ1n) is 11.8. The van der Waals surface area contributed by atoms with Gasteiger partial charge in [-0.15, -0.1) is 0 Å². The molecule has 0 aliphatic carbocycles. The van der Waals surface area contributed by atoms with E-state index in [0.717, 1.165) is 36.4 Å². The zero-order chi connectivity index (χ0) is 30.2. The lowest BCUT2D eigenvalue weighted by molar-refractivity contribution is -0.393. The molecule has 210 valence electrons.